The van der Waals surface area contributed by atoms with Crippen LogP contribution in [0, 0.1) is 5.92 Å². The molecule has 4 aromatic rings. The zero-order chi connectivity index (χ0) is 30.4. The maximum absolute atomic E-state index is 12.6. The Morgan fingerprint density at radius 2 is 1.86 bits per heavy atom. The van der Waals surface area contributed by atoms with Crippen LogP contribution in [0.3, 0.4) is 0 Å². The van der Waals surface area contributed by atoms with Gasteiger partial charge in [-0.1, -0.05) is 19.3 Å². The van der Waals surface area contributed by atoms with Crippen LogP contribution in [0.1, 0.15) is 64.7 Å². The van der Waals surface area contributed by atoms with Crippen molar-refractivity contribution in [1.82, 2.24) is 34.6 Å². The Kier molecular flexibility index (Phi) is 9.44. The molecule has 4 heterocycles. The van der Waals surface area contributed by atoms with Crippen molar-refractivity contribution in [1.29, 1.82) is 0 Å². The Labute approximate surface area is 253 Å². The van der Waals surface area contributed by atoms with Gasteiger partial charge in [-0.05, 0) is 57.7 Å². The summed E-state index contributed by atoms with van der Waals surface area (Å²) in [4.78, 5) is 33.2. The van der Waals surface area contributed by atoms with Gasteiger partial charge < -0.3 is 19.7 Å². The minimum atomic E-state index is -0.393. The van der Waals surface area contributed by atoms with E-state index in [1.807, 2.05) is 25.7 Å². The molecule has 3 aromatic heterocycles. The molecular weight excluding hydrogens is 548 g/mol. The van der Waals surface area contributed by atoms with E-state index >= 15 is 0 Å². The lowest BCUT2D eigenvalue weighted by Crippen LogP contribution is -2.51. The predicted octanol–water partition coefficient (Wildman–Crippen LogP) is 5.23. The zero-order valence-electron chi connectivity index (χ0n) is 25.5. The molecule has 1 aliphatic carbocycles. The third-order valence-electron chi connectivity index (χ3n) is 7.79. The number of ether oxygens (including phenoxy) is 2. The number of benzene rings is 1. The fraction of sp³-hybridized carbons (Fsp3) is 0.516. The van der Waals surface area contributed by atoms with E-state index in [1.165, 1.54) is 45.8 Å². The minimum absolute atomic E-state index is 0. The van der Waals surface area contributed by atoms with Gasteiger partial charge in [-0.3, -0.25) is 14.8 Å². The van der Waals surface area contributed by atoms with Gasteiger partial charge in [0.15, 0.2) is 11.5 Å². The van der Waals surface area contributed by atoms with Crippen LogP contribution in [0.4, 0.5) is 10.6 Å². The molecule has 12 nitrogen and oxygen atoms in total. The zero-order valence-corrected chi connectivity index (χ0v) is 25.5. The number of nitrogens with one attached hydrogen (secondary N) is 2. The number of rotatable bonds is 5. The van der Waals surface area contributed by atoms with Crippen LogP contribution in [-0.2, 0) is 4.74 Å². The molecule has 2 N–H and O–H groups in total. The average Bonchev–Trinajstić information content (AvgIpc) is 3.63. The van der Waals surface area contributed by atoms with Crippen LogP contribution >= 0.6 is 0 Å². The summed E-state index contributed by atoms with van der Waals surface area (Å²) in [6.45, 7) is 10.6. The number of fused-ring (bicyclic) bond motifs is 2. The smallest absolute Gasteiger partial charge is 0.410 e. The molecule has 1 aliphatic heterocycles. The first-order valence-corrected chi connectivity index (χ1v) is 15.0. The number of nitrogens with zero attached hydrogens (tertiary/aromatic N) is 6. The number of imidazole rings is 1. The van der Waals surface area contributed by atoms with Crippen molar-refractivity contribution < 1.29 is 20.5 Å². The van der Waals surface area contributed by atoms with Crippen molar-refractivity contribution in [2.45, 2.75) is 58.5 Å². The highest BCUT2D eigenvalue weighted by Gasteiger charge is 2.27. The van der Waals surface area contributed by atoms with Gasteiger partial charge in [-0.15, -0.1) is 0 Å². The van der Waals surface area contributed by atoms with E-state index < -0.39 is 5.60 Å². The van der Waals surface area contributed by atoms with E-state index in [1.54, 1.807) is 47.4 Å². The number of H-pyrrole nitrogens is 1. The fourth-order valence-electron chi connectivity index (χ4n) is 5.59. The van der Waals surface area contributed by atoms with E-state index in [9.17, 15) is 9.59 Å². The Morgan fingerprint density at radius 1 is 1.09 bits per heavy atom. The first kappa shape index (κ1) is 30.3. The van der Waals surface area contributed by atoms with Gasteiger partial charge >= 0.3 is 6.09 Å². The van der Waals surface area contributed by atoms with Crippen LogP contribution in [0.25, 0.3) is 16.6 Å². The Bertz CT molecular complexity index is 1530. The number of hydrogen-bond acceptors (Lipinski definition) is 8. The number of hydrogen-bond donors (Lipinski definition) is 2. The van der Waals surface area contributed by atoms with Gasteiger partial charge in [0.1, 0.15) is 11.4 Å². The second kappa shape index (κ2) is 13.4. The van der Waals surface area contributed by atoms with Crippen molar-refractivity contribution in [2.75, 3.05) is 45.2 Å². The molecule has 1 saturated heterocycles. The highest BCUT2D eigenvalue weighted by Crippen LogP contribution is 2.26. The number of amides is 2. The van der Waals surface area contributed by atoms with Gasteiger partial charge in [0, 0.05) is 51.8 Å². The highest BCUT2D eigenvalue weighted by atomic mass is 16.6. The molecule has 2 fully saturated rings. The summed E-state index contributed by atoms with van der Waals surface area (Å²) in [5.41, 5.74) is 1.47. The summed E-state index contributed by atoms with van der Waals surface area (Å²) in [6, 6.07) is 7.05. The molecule has 0 unspecified atom stereocenters. The largest absolute Gasteiger partial charge is 0.496 e. The summed E-state index contributed by atoms with van der Waals surface area (Å²) in [5.74, 6) is 1.52. The number of aromatic nitrogens is 5. The van der Waals surface area contributed by atoms with Crippen LogP contribution in [0.2, 0.25) is 0 Å². The molecule has 2 aliphatic rings. The second-order valence-corrected chi connectivity index (χ2v) is 12.2. The monoisotopic (exact) mass is 592 g/mol. The van der Waals surface area contributed by atoms with Crippen molar-refractivity contribution in [3.8, 4) is 5.75 Å². The Morgan fingerprint density at radius 3 is 2.58 bits per heavy atom. The molecule has 2 amide bonds. The summed E-state index contributed by atoms with van der Waals surface area (Å²) >= 11 is 0. The summed E-state index contributed by atoms with van der Waals surface area (Å²) in [5, 5.41) is 14.6. The van der Waals surface area contributed by atoms with Gasteiger partial charge in [-0.2, -0.15) is 14.7 Å². The second-order valence-electron chi connectivity index (χ2n) is 12.2. The van der Waals surface area contributed by atoms with Crippen LogP contribution < -0.4 is 10.1 Å². The summed E-state index contributed by atoms with van der Waals surface area (Å²) < 4.78 is 12.3. The molecule has 0 radical (unpaired) electrons. The number of methoxy groups -OCH3 is 1. The molecule has 1 aromatic carbocycles. The van der Waals surface area contributed by atoms with E-state index in [4.69, 9.17) is 9.47 Å². The minimum Gasteiger partial charge on any atom is -0.496 e. The predicted molar refractivity (Wildman–Crippen MR) is 167 cm³/mol. The molecule has 0 bridgehead atoms. The molecule has 43 heavy (non-hydrogen) atoms. The molecule has 12 heteroatoms. The SMILES string of the molecule is CC(C)(C)OC(=O)N1CCN(CC2CCCCC2)CC1.COc1cc2[nH]ncc2cc1C(=O)Nc1cnc2cccnn12.[HH]. The van der Waals surface area contributed by atoms with Crippen molar-refractivity contribution in [3.63, 3.8) is 0 Å². The number of piperazine rings is 1. The first-order valence-electron chi connectivity index (χ1n) is 15.0. The van der Waals surface area contributed by atoms with E-state index in [0.29, 0.717) is 22.8 Å². The summed E-state index contributed by atoms with van der Waals surface area (Å²) in [7, 11) is 1.52. The Balaban J connectivity index is 0.000000199. The number of carbonyl (C=O) groups excluding carboxylic acids is 2. The highest BCUT2D eigenvalue weighted by molar-refractivity contribution is 6.08. The van der Waals surface area contributed by atoms with Crippen molar-refractivity contribution in [3.05, 3.63) is 48.4 Å². The van der Waals surface area contributed by atoms with Crippen LogP contribution in [0.5, 0.6) is 5.75 Å². The number of aromatic amines is 1. The number of anilines is 1. The molecule has 0 spiro atoms. The van der Waals surface area contributed by atoms with Crippen molar-refractivity contribution in [2.24, 2.45) is 5.92 Å². The van der Waals surface area contributed by atoms with Crippen LogP contribution in [-0.4, -0.2) is 92.0 Å². The average molecular weight is 593 g/mol. The van der Waals surface area contributed by atoms with E-state index in [2.05, 4.69) is 30.5 Å². The Hall–Kier alpha value is -4.19. The maximum Gasteiger partial charge on any atom is 0.410 e. The first-order chi connectivity index (χ1) is 20.7. The molecular formula is C31H44N8O4. The normalized spacial score (nSPS) is 16.5. The van der Waals surface area contributed by atoms with E-state index in [0.717, 1.165) is 43.0 Å². The lowest BCUT2D eigenvalue weighted by atomic mass is 9.89. The third kappa shape index (κ3) is 7.81. The van der Waals surface area contributed by atoms with Gasteiger partial charge in [0.25, 0.3) is 5.91 Å². The third-order valence-corrected chi connectivity index (χ3v) is 7.79. The summed E-state index contributed by atoms with van der Waals surface area (Å²) in [6.07, 6.45) is 11.7. The molecule has 1 saturated carbocycles. The number of carbonyl (C=O) groups is 2. The van der Waals surface area contributed by atoms with Crippen molar-refractivity contribution >= 4 is 34.4 Å². The maximum atomic E-state index is 12.6. The quantitative estimate of drug-likeness (QED) is 0.322. The molecule has 232 valence electrons. The lowest BCUT2D eigenvalue weighted by molar-refractivity contribution is 0.0128. The van der Waals surface area contributed by atoms with Gasteiger partial charge in [-0.25, -0.2) is 9.78 Å². The fourth-order valence-corrected chi connectivity index (χ4v) is 5.59. The lowest BCUT2D eigenvalue weighted by Gasteiger charge is -2.37. The van der Waals surface area contributed by atoms with Gasteiger partial charge in [0.05, 0.1) is 30.6 Å². The van der Waals surface area contributed by atoms with Gasteiger partial charge in [0.2, 0.25) is 0 Å². The van der Waals surface area contributed by atoms with Crippen LogP contribution in [0.15, 0.2) is 42.9 Å². The standard InChI is InChI=1S/C16H30N2O2.C15H12N6O2.H2/c1-16(2,3)20-15(19)18-11-9-17(10-12-18)13-14-7-5-4-6-8-14;1-23-12-6-11-9(7-17-20-11)5-10(12)15(22)19-14-8-16-13-3-2-4-18-21(13)14;/h14H,4-13H2,1-3H3;2-8H,1H3,(H,17,20)(H,19,22);1H. The molecule has 0 atom stereocenters. The molecule has 6 rings (SSSR count). The topological polar surface area (TPSA) is 130 Å². The van der Waals surface area contributed by atoms with E-state index in [-0.39, 0.29) is 13.4 Å².